The van der Waals surface area contributed by atoms with Gasteiger partial charge in [-0.3, -0.25) is 19.3 Å². The maximum absolute atomic E-state index is 13.7. The molecule has 0 unspecified atom stereocenters. The molecule has 3 aliphatic rings. The number of carbonyl (C=O) groups excluding carboxylic acids is 3. The van der Waals surface area contributed by atoms with Crippen LogP contribution in [0.5, 0.6) is 5.75 Å². The van der Waals surface area contributed by atoms with E-state index in [0.717, 1.165) is 0 Å². The summed E-state index contributed by atoms with van der Waals surface area (Å²) in [5, 5.41) is 55.0. The maximum atomic E-state index is 13.7. The van der Waals surface area contributed by atoms with Crippen molar-refractivity contribution in [2.45, 2.75) is 24.5 Å². The number of nitrogens with zero attached hydrogens (tertiary/aromatic N) is 2. The highest BCUT2D eigenvalue weighted by Gasteiger charge is 2.66. The number of fused-ring (bicyclic) bond motifs is 3. The molecule has 0 aromatic heterocycles. The number of primary amides is 1. The lowest BCUT2D eigenvalue weighted by Gasteiger charge is -2.54. The number of benzene rings is 1. The standard InChI is InChI=1S/C24H29N3O8/c1-26(2)12-5-6-13(29)14-10(12)7-23(9-28)8-11-17(27(3)4)19(31)15(22(25)34)20(32)24(11,35)21(33)16(23)18(14)30/h5-6,11,17,28-29,31,33,35H,7-9H2,1-4H3,(H2,25,34)/t11-,17-,23-,24+/m0/s1. The van der Waals surface area contributed by atoms with E-state index in [1.807, 2.05) is 0 Å². The van der Waals surface area contributed by atoms with Crippen LogP contribution in [-0.4, -0.2) is 94.3 Å². The van der Waals surface area contributed by atoms with Gasteiger partial charge in [-0.1, -0.05) is 0 Å². The quantitative estimate of drug-likeness (QED) is 0.304. The third kappa shape index (κ3) is 3.05. The first kappa shape index (κ1) is 24.7. The van der Waals surface area contributed by atoms with Crippen LogP contribution >= 0.6 is 0 Å². The van der Waals surface area contributed by atoms with E-state index in [2.05, 4.69) is 0 Å². The first-order chi connectivity index (χ1) is 16.2. The molecule has 1 aromatic rings. The van der Waals surface area contributed by atoms with E-state index in [-0.39, 0.29) is 24.2 Å². The Morgan fingerprint density at radius 3 is 2.29 bits per heavy atom. The lowest BCUT2D eigenvalue weighted by molar-refractivity contribution is -0.151. The molecule has 0 bridgehead atoms. The number of carbonyl (C=O) groups is 3. The monoisotopic (exact) mass is 487 g/mol. The van der Waals surface area contributed by atoms with Gasteiger partial charge in [0, 0.05) is 31.1 Å². The number of nitrogens with two attached hydrogens (primary N) is 1. The Morgan fingerprint density at radius 2 is 1.77 bits per heavy atom. The highest BCUT2D eigenvalue weighted by atomic mass is 16.3. The lowest BCUT2D eigenvalue weighted by atomic mass is 9.52. The molecule has 4 atom stereocenters. The zero-order valence-electron chi connectivity index (χ0n) is 19.9. The van der Waals surface area contributed by atoms with E-state index in [1.165, 1.54) is 11.0 Å². The number of Topliss-reactive ketones (excluding diaryl/α,β-unsaturated/α-hetero) is 2. The van der Waals surface area contributed by atoms with Crippen LogP contribution in [0.1, 0.15) is 22.3 Å². The van der Waals surface area contributed by atoms with E-state index in [4.69, 9.17) is 5.73 Å². The Hall–Kier alpha value is -3.41. The van der Waals surface area contributed by atoms with Gasteiger partial charge in [-0.2, -0.15) is 0 Å². The molecule has 7 N–H and O–H groups in total. The maximum Gasteiger partial charge on any atom is 0.255 e. The fourth-order valence-corrected chi connectivity index (χ4v) is 6.04. The number of hydrogen-bond donors (Lipinski definition) is 6. The number of phenols is 1. The largest absolute Gasteiger partial charge is 0.510 e. The molecule has 0 spiro atoms. The molecule has 188 valence electrons. The predicted octanol–water partition coefficient (Wildman–Crippen LogP) is -0.451. The van der Waals surface area contributed by atoms with Crippen LogP contribution in [0.3, 0.4) is 0 Å². The van der Waals surface area contributed by atoms with E-state index in [9.17, 15) is 39.9 Å². The van der Waals surface area contributed by atoms with Gasteiger partial charge in [0.15, 0.2) is 11.4 Å². The topological polar surface area (TPSA) is 185 Å². The molecule has 3 aliphatic carbocycles. The van der Waals surface area contributed by atoms with Gasteiger partial charge in [0.1, 0.15) is 22.8 Å². The van der Waals surface area contributed by atoms with E-state index < -0.39 is 69.7 Å². The van der Waals surface area contributed by atoms with Crippen molar-refractivity contribution in [1.29, 1.82) is 0 Å². The van der Waals surface area contributed by atoms with Gasteiger partial charge in [0.25, 0.3) is 5.91 Å². The molecule has 0 heterocycles. The highest BCUT2D eigenvalue weighted by Crippen LogP contribution is 2.58. The highest BCUT2D eigenvalue weighted by molar-refractivity contribution is 6.25. The number of amides is 1. The molecule has 0 saturated heterocycles. The number of hydrogen-bond acceptors (Lipinski definition) is 10. The van der Waals surface area contributed by atoms with Crippen molar-refractivity contribution in [2.24, 2.45) is 17.1 Å². The number of phenolic OH excluding ortho intramolecular Hbond substituents is 1. The van der Waals surface area contributed by atoms with Crippen molar-refractivity contribution < 1.29 is 39.9 Å². The molecule has 0 saturated carbocycles. The number of likely N-dealkylation sites (N-methyl/N-ethyl adjacent to an activating group) is 1. The number of rotatable bonds is 4. The number of anilines is 1. The van der Waals surface area contributed by atoms with Gasteiger partial charge in [0.2, 0.25) is 5.78 Å². The minimum atomic E-state index is -2.76. The van der Waals surface area contributed by atoms with Crippen LogP contribution in [-0.2, 0) is 16.0 Å². The van der Waals surface area contributed by atoms with Crippen LogP contribution < -0.4 is 10.6 Å². The minimum absolute atomic E-state index is 0.0000478. The Bertz CT molecular complexity index is 1230. The Morgan fingerprint density at radius 1 is 1.14 bits per heavy atom. The molecule has 0 aliphatic heterocycles. The number of ketones is 2. The number of aromatic hydroxyl groups is 1. The molecule has 11 heteroatoms. The molecular weight excluding hydrogens is 458 g/mol. The van der Waals surface area contributed by atoms with Crippen molar-refractivity contribution in [2.75, 3.05) is 39.7 Å². The van der Waals surface area contributed by atoms with Gasteiger partial charge in [0.05, 0.1) is 23.8 Å². The third-order valence-electron chi connectivity index (χ3n) is 7.59. The normalized spacial score (nSPS) is 30.3. The summed E-state index contributed by atoms with van der Waals surface area (Å²) in [6.45, 7) is -0.631. The van der Waals surface area contributed by atoms with Crippen LogP contribution in [0.4, 0.5) is 5.69 Å². The molecule has 11 nitrogen and oxygen atoms in total. The summed E-state index contributed by atoms with van der Waals surface area (Å²) in [5.41, 5.74) is 0.792. The fourth-order valence-electron chi connectivity index (χ4n) is 6.04. The summed E-state index contributed by atoms with van der Waals surface area (Å²) in [7, 11) is 6.59. The Kier molecular flexibility index (Phi) is 5.51. The molecule has 1 amide bonds. The van der Waals surface area contributed by atoms with Crippen molar-refractivity contribution in [3.63, 3.8) is 0 Å². The molecule has 4 rings (SSSR count). The number of aliphatic hydroxyl groups is 4. The summed E-state index contributed by atoms with van der Waals surface area (Å²) in [6.07, 6.45) is -0.197. The van der Waals surface area contributed by atoms with Crippen LogP contribution in [0.25, 0.3) is 0 Å². The van der Waals surface area contributed by atoms with Gasteiger partial charge in [-0.25, -0.2) is 0 Å². The molecular formula is C24H29N3O8. The van der Waals surface area contributed by atoms with Crippen LogP contribution in [0.15, 0.2) is 34.8 Å². The van der Waals surface area contributed by atoms with Gasteiger partial charge in [-0.05, 0) is 44.6 Å². The zero-order chi connectivity index (χ0) is 26.2. The molecule has 35 heavy (non-hydrogen) atoms. The summed E-state index contributed by atoms with van der Waals surface area (Å²) in [5.74, 6) is -6.73. The zero-order valence-corrected chi connectivity index (χ0v) is 19.9. The SMILES string of the molecule is CN(C)c1ccc(O)c2c1C[C@@]1(CO)C[C@H]3[C@H](N(C)C)C(O)=C(C(N)=O)C(=O)[C@@]3(O)C(O)=C1C2=O. The molecule has 1 aromatic carbocycles. The Balaban J connectivity index is 2.07. The third-order valence-corrected chi connectivity index (χ3v) is 7.59. The van der Waals surface area contributed by atoms with Crippen molar-refractivity contribution >= 4 is 23.2 Å². The summed E-state index contributed by atoms with van der Waals surface area (Å²) >= 11 is 0. The number of aliphatic hydroxyl groups excluding tert-OH is 3. The van der Waals surface area contributed by atoms with Gasteiger partial charge in [-0.15, -0.1) is 0 Å². The fraction of sp³-hybridized carbons (Fsp3) is 0.458. The second-order valence-corrected chi connectivity index (χ2v) is 9.96. The molecule has 0 radical (unpaired) electrons. The van der Waals surface area contributed by atoms with E-state index >= 15 is 0 Å². The minimum Gasteiger partial charge on any atom is -0.510 e. The summed E-state index contributed by atoms with van der Waals surface area (Å²) in [4.78, 5) is 42.3. The van der Waals surface area contributed by atoms with Crippen LogP contribution in [0, 0.1) is 11.3 Å². The van der Waals surface area contributed by atoms with Crippen molar-refractivity contribution in [3.8, 4) is 5.75 Å². The average molecular weight is 488 g/mol. The average Bonchev–Trinajstić information content (AvgIpc) is 2.75. The first-order valence-electron chi connectivity index (χ1n) is 11.0. The predicted molar refractivity (Wildman–Crippen MR) is 124 cm³/mol. The second-order valence-electron chi connectivity index (χ2n) is 9.96. The smallest absolute Gasteiger partial charge is 0.255 e. The lowest BCUT2D eigenvalue weighted by Crippen LogP contribution is -2.65. The Labute approximate surface area is 201 Å². The van der Waals surface area contributed by atoms with Crippen molar-refractivity contribution in [1.82, 2.24) is 4.90 Å². The summed E-state index contributed by atoms with van der Waals surface area (Å²) < 4.78 is 0. The van der Waals surface area contributed by atoms with E-state index in [1.54, 1.807) is 39.2 Å². The molecule has 0 fully saturated rings. The van der Waals surface area contributed by atoms with Gasteiger partial charge < -0.3 is 36.2 Å². The van der Waals surface area contributed by atoms with Crippen LogP contribution in [0.2, 0.25) is 0 Å². The van der Waals surface area contributed by atoms with Crippen molar-refractivity contribution in [3.05, 3.63) is 45.9 Å². The second kappa shape index (κ2) is 7.80. The first-order valence-corrected chi connectivity index (χ1v) is 11.0. The van der Waals surface area contributed by atoms with E-state index in [0.29, 0.717) is 11.3 Å². The van der Waals surface area contributed by atoms with Gasteiger partial charge >= 0.3 is 0 Å². The summed E-state index contributed by atoms with van der Waals surface area (Å²) in [6, 6.07) is 1.82.